The molecule has 4 aromatic rings. The van der Waals surface area contributed by atoms with E-state index >= 15 is 0 Å². The van der Waals surface area contributed by atoms with Crippen LogP contribution < -0.4 is 10.6 Å². The van der Waals surface area contributed by atoms with Crippen molar-refractivity contribution in [2.45, 2.75) is 37.8 Å². The van der Waals surface area contributed by atoms with Gasteiger partial charge in [-0.1, -0.05) is 98.1 Å². The average Bonchev–Trinajstić information content (AvgIpc) is 3.86. The molecule has 8 nitrogen and oxygen atoms in total. The van der Waals surface area contributed by atoms with Crippen molar-refractivity contribution < 1.29 is 19.2 Å². The molecule has 0 bridgehead atoms. The van der Waals surface area contributed by atoms with Gasteiger partial charge in [-0.2, -0.15) is 0 Å². The summed E-state index contributed by atoms with van der Waals surface area (Å²) in [6.45, 7) is 8.69. The average molecular weight is 665 g/mol. The molecule has 2 N–H and O–H groups in total. The number of rotatable bonds is 10. The zero-order valence-corrected chi connectivity index (χ0v) is 27.9. The van der Waals surface area contributed by atoms with E-state index in [-0.39, 0.29) is 23.6 Å². The van der Waals surface area contributed by atoms with Crippen LogP contribution in [0.25, 0.3) is 24.3 Å². The Balaban J connectivity index is 1.02. The lowest BCUT2D eigenvalue weighted by atomic mass is 10.1. The summed E-state index contributed by atoms with van der Waals surface area (Å²) < 4.78 is 0. The quantitative estimate of drug-likeness (QED) is 0.170. The van der Waals surface area contributed by atoms with Crippen molar-refractivity contribution in [3.05, 3.63) is 144 Å². The molecule has 0 saturated carbocycles. The van der Waals surface area contributed by atoms with Crippen molar-refractivity contribution in [1.82, 2.24) is 9.80 Å². The summed E-state index contributed by atoms with van der Waals surface area (Å²) in [5, 5.41) is 5.95. The van der Waals surface area contributed by atoms with E-state index in [0.717, 1.165) is 35.1 Å². The number of carbonyl (C=O) groups excluding carboxylic acids is 4. The fourth-order valence-electron chi connectivity index (χ4n) is 6.61. The minimum Gasteiger partial charge on any atom is -0.327 e. The Hall–Kier alpha value is -6.02. The third-order valence-electron chi connectivity index (χ3n) is 9.28. The van der Waals surface area contributed by atoms with Gasteiger partial charge in [0.15, 0.2) is 0 Å². The largest absolute Gasteiger partial charge is 0.327 e. The Morgan fingerprint density at radius 2 is 0.940 bits per heavy atom. The maximum absolute atomic E-state index is 13.3. The summed E-state index contributed by atoms with van der Waals surface area (Å²) >= 11 is 0. The van der Waals surface area contributed by atoms with Crippen LogP contribution in [0.1, 0.15) is 68.7 Å². The summed E-state index contributed by atoms with van der Waals surface area (Å²) in [6, 6.07) is 28.6. The molecule has 0 radical (unpaired) electrons. The maximum Gasteiger partial charge on any atom is 0.255 e. The van der Waals surface area contributed by atoms with Crippen LogP contribution in [0.4, 0.5) is 11.4 Å². The zero-order chi connectivity index (χ0) is 35.0. The highest BCUT2D eigenvalue weighted by Crippen LogP contribution is 2.26. The van der Waals surface area contributed by atoms with Crippen LogP contribution in [0.5, 0.6) is 0 Å². The topological polar surface area (TPSA) is 98.8 Å². The van der Waals surface area contributed by atoms with Gasteiger partial charge in [0, 0.05) is 35.6 Å². The number of amides is 4. The second kappa shape index (κ2) is 15.5. The van der Waals surface area contributed by atoms with Crippen molar-refractivity contribution in [2.75, 3.05) is 23.7 Å². The van der Waals surface area contributed by atoms with Crippen LogP contribution in [0.15, 0.2) is 110 Å². The first-order valence-corrected chi connectivity index (χ1v) is 16.9. The van der Waals surface area contributed by atoms with E-state index in [4.69, 9.17) is 0 Å². The van der Waals surface area contributed by atoms with Crippen LogP contribution in [-0.4, -0.2) is 58.6 Å². The third kappa shape index (κ3) is 7.50. The predicted octanol–water partition coefficient (Wildman–Crippen LogP) is 7.63. The first-order valence-electron chi connectivity index (χ1n) is 16.9. The van der Waals surface area contributed by atoms with Crippen LogP contribution in [0.2, 0.25) is 0 Å². The molecule has 2 heterocycles. The Labute approximate surface area is 292 Å². The molecule has 0 aliphatic carbocycles. The fraction of sp³-hybridized carbons (Fsp3) is 0.190. The monoisotopic (exact) mass is 664 g/mol. The molecule has 252 valence electrons. The van der Waals surface area contributed by atoms with Gasteiger partial charge in [-0.3, -0.25) is 19.2 Å². The van der Waals surface area contributed by atoms with Gasteiger partial charge in [0.05, 0.1) is 0 Å². The van der Waals surface area contributed by atoms with Crippen LogP contribution in [0, 0.1) is 0 Å². The number of likely N-dealkylation sites (tertiary alicyclic amines) is 2. The van der Waals surface area contributed by atoms with Crippen molar-refractivity contribution >= 4 is 59.3 Å². The lowest BCUT2D eigenvalue weighted by molar-refractivity contribution is -0.120. The summed E-state index contributed by atoms with van der Waals surface area (Å²) in [7, 11) is 0. The van der Waals surface area contributed by atoms with E-state index in [1.807, 2.05) is 97.1 Å². The molecule has 0 unspecified atom stereocenters. The number of hydrogen-bond acceptors (Lipinski definition) is 4. The van der Waals surface area contributed by atoms with Gasteiger partial charge >= 0.3 is 0 Å². The summed E-state index contributed by atoms with van der Waals surface area (Å²) in [5.74, 6) is -0.722. The van der Waals surface area contributed by atoms with Crippen molar-refractivity contribution in [2.24, 2.45) is 0 Å². The van der Waals surface area contributed by atoms with E-state index < -0.39 is 12.1 Å². The highest BCUT2D eigenvalue weighted by atomic mass is 16.2. The lowest BCUT2D eigenvalue weighted by Crippen LogP contribution is -2.43. The van der Waals surface area contributed by atoms with Crippen molar-refractivity contribution in [1.29, 1.82) is 0 Å². The highest BCUT2D eigenvalue weighted by Gasteiger charge is 2.36. The third-order valence-corrected chi connectivity index (χ3v) is 9.28. The van der Waals surface area contributed by atoms with Gasteiger partial charge in [-0.15, -0.1) is 0 Å². The Morgan fingerprint density at radius 3 is 1.32 bits per heavy atom. The van der Waals surface area contributed by atoms with Crippen LogP contribution >= 0.6 is 0 Å². The molecule has 0 aromatic heterocycles. The fourth-order valence-corrected chi connectivity index (χ4v) is 6.61. The molecule has 2 aliphatic rings. The van der Waals surface area contributed by atoms with Gasteiger partial charge < -0.3 is 20.4 Å². The Bertz CT molecular complexity index is 1810. The second-order valence-corrected chi connectivity index (χ2v) is 12.5. The molecular weight excluding hydrogens is 624 g/mol. The smallest absolute Gasteiger partial charge is 0.255 e. The molecule has 6 rings (SSSR count). The maximum atomic E-state index is 13.3. The summed E-state index contributed by atoms with van der Waals surface area (Å²) in [6.07, 6.45) is 10.0. The van der Waals surface area contributed by atoms with E-state index in [0.29, 0.717) is 48.4 Å². The molecule has 8 heteroatoms. The summed E-state index contributed by atoms with van der Waals surface area (Å²) in [5.41, 5.74) is 5.81. The minimum absolute atomic E-state index is 0.160. The molecule has 2 atom stereocenters. The van der Waals surface area contributed by atoms with Gasteiger partial charge in [0.2, 0.25) is 11.8 Å². The van der Waals surface area contributed by atoms with Crippen molar-refractivity contribution in [3.63, 3.8) is 0 Å². The van der Waals surface area contributed by atoms with Gasteiger partial charge in [-0.05, 0) is 84.3 Å². The number of nitrogens with one attached hydrogen (secondary N) is 2. The van der Waals surface area contributed by atoms with Crippen LogP contribution in [0.3, 0.4) is 0 Å². The molecule has 2 fully saturated rings. The molecule has 50 heavy (non-hydrogen) atoms. The number of carbonyl (C=O) groups is 4. The van der Waals surface area contributed by atoms with E-state index in [1.165, 1.54) is 0 Å². The predicted molar refractivity (Wildman–Crippen MR) is 200 cm³/mol. The van der Waals surface area contributed by atoms with Gasteiger partial charge in [0.25, 0.3) is 11.8 Å². The van der Waals surface area contributed by atoms with E-state index in [9.17, 15) is 19.2 Å². The molecule has 4 aromatic carbocycles. The lowest BCUT2D eigenvalue weighted by Gasteiger charge is -2.24. The molecular formula is C42H40N4O4. The SMILES string of the molecule is C=Cc1ccccc1C(=O)N1CCC[C@H]1C(=O)Nc1ccc(C=Cc2ccc(NC(=O)[C@@H]3CCCN3C(=O)c3ccccc3C=C)cc2)cc1. The standard InChI is InChI=1S/C42H40N4O4/c1-3-31-11-5-7-13-35(31)41(49)45-27-9-15-37(45)39(47)43-33-23-19-29(20-24-33)17-18-30-21-25-34(26-22-30)44-40(48)38-16-10-28-46(38)42(50)36-14-8-6-12-32(36)4-2/h3-8,11-14,17-26,37-38H,1-2,9-10,15-16,27-28H2,(H,43,47)(H,44,48)/t37-,38-/m0/s1. The normalized spacial score (nSPS) is 17.0. The van der Waals surface area contributed by atoms with E-state index in [1.54, 1.807) is 34.1 Å². The zero-order valence-electron chi connectivity index (χ0n) is 27.9. The summed E-state index contributed by atoms with van der Waals surface area (Å²) in [4.78, 5) is 56.4. The van der Waals surface area contributed by atoms with Crippen molar-refractivity contribution in [3.8, 4) is 0 Å². The Kier molecular flexibility index (Phi) is 10.5. The number of benzene rings is 4. The number of anilines is 2. The number of nitrogens with zero attached hydrogens (tertiary/aromatic N) is 2. The minimum atomic E-state index is -0.535. The molecule has 2 aliphatic heterocycles. The van der Waals surface area contributed by atoms with Crippen LogP contribution in [-0.2, 0) is 9.59 Å². The molecule has 0 spiro atoms. The first-order chi connectivity index (χ1) is 24.4. The first kappa shape index (κ1) is 33.9. The highest BCUT2D eigenvalue weighted by molar-refractivity contribution is 6.04. The number of hydrogen-bond donors (Lipinski definition) is 2. The molecule has 2 saturated heterocycles. The Morgan fingerprint density at radius 1 is 0.560 bits per heavy atom. The van der Waals surface area contributed by atoms with Gasteiger partial charge in [-0.25, -0.2) is 0 Å². The second-order valence-electron chi connectivity index (χ2n) is 12.5. The van der Waals surface area contributed by atoms with E-state index in [2.05, 4.69) is 23.8 Å². The molecule has 4 amide bonds. The van der Waals surface area contributed by atoms with Gasteiger partial charge in [0.1, 0.15) is 12.1 Å².